The molecule has 1 atom stereocenters. The number of alkyl halides is 3. The molecule has 0 saturated heterocycles. The Morgan fingerprint density at radius 1 is 1.41 bits per heavy atom. The van der Waals surface area contributed by atoms with E-state index in [4.69, 9.17) is 21.4 Å². The van der Waals surface area contributed by atoms with Crippen LogP contribution in [0.5, 0.6) is 5.75 Å². The third-order valence-electron chi connectivity index (χ3n) is 3.54. The van der Waals surface area contributed by atoms with Gasteiger partial charge in [-0.25, -0.2) is 4.39 Å². The van der Waals surface area contributed by atoms with Crippen LogP contribution in [0.1, 0.15) is 24.5 Å². The van der Waals surface area contributed by atoms with Gasteiger partial charge in [-0.15, -0.1) is 0 Å². The van der Waals surface area contributed by atoms with Gasteiger partial charge in [-0.3, -0.25) is 9.59 Å². The maximum Gasteiger partial charge on any atom is 0.418 e. The van der Waals surface area contributed by atoms with Crippen LogP contribution in [0.3, 0.4) is 0 Å². The fraction of sp³-hybridized carbons (Fsp3) is 0.312. The third kappa shape index (κ3) is 4.57. The van der Waals surface area contributed by atoms with Gasteiger partial charge >= 0.3 is 12.1 Å². The molecule has 1 N–H and O–H groups in total. The van der Waals surface area contributed by atoms with Crippen molar-refractivity contribution in [3.05, 3.63) is 50.7 Å². The van der Waals surface area contributed by atoms with Gasteiger partial charge in [0.1, 0.15) is 17.5 Å². The number of aliphatic carboxylic acids is 1. The van der Waals surface area contributed by atoms with E-state index in [1.807, 2.05) is 0 Å². The molecule has 27 heavy (non-hydrogen) atoms. The molecule has 6 nitrogen and oxygen atoms in total. The number of halogens is 5. The van der Waals surface area contributed by atoms with Gasteiger partial charge < -0.3 is 9.84 Å². The van der Waals surface area contributed by atoms with Gasteiger partial charge in [-0.05, 0) is 19.9 Å². The molecule has 1 aromatic carbocycles. The highest BCUT2D eigenvalue weighted by Gasteiger charge is 2.34. The van der Waals surface area contributed by atoms with Gasteiger partial charge in [0, 0.05) is 11.6 Å². The average Bonchev–Trinajstić information content (AvgIpc) is 2.51. The first-order chi connectivity index (χ1) is 12.4. The number of nitrogens with zero attached hydrogens (tertiary/aromatic N) is 2. The van der Waals surface area contributed by atoms with Crippen LogP contribution in [0.25, 0.3) is 5.69 Å². The monoisotopic (exact) mass is 408 g/mol. The van der Waals surface area contributed by atoms with Gasteiger partial charge in [0.25, 0.3) is 5.56 Å². The van der Waals surface area contributed by atoms with Crippen molar-refractivity contribution in [2.45, 2.75) is 32.5 Å². The molecule has 146 valence electrons. The molecular weight excluding hydrogens is 396 g/mol. The Bertz CT molecular complexity index is 943. The summed E-state index contributed by atoms with van der Waals surface area (Å²) in [4.78, 5) is 22.9. The number of carboxylic acids is 1. The van der Waals surface area contributed by atoms with Crippen LogP contribution in [0.15, 0.2) is 23.1 Å². The Labute approximate surface area is 154 Å². The topological polar surface area (TPSA) is 81.4 Å². The Morgan fingerprint density at radius 3 is 2.59 bits per heavy atom. The van der Waals surface area contributed by atoms with Crippen LogP contribution in [0.2, 0.25) is 5.02 Å². The van der Waals surface area contributed by atoms with Gasteiger partial charge in [-0.1, -0.05) is 11.6 Å². The van der Waals surface area contributed by atoms with E-state index < -0.39 is 46.4 Å². The number of hydrogen-bond acceptors (Lipinski definition) is 4. The molecule has 1 heterocycles. The Morgan fingerprint density at radius 2 is 2.04 bits per heavy atom. The quantitative estimate of drug-likeness (QED) is 0.765. The van der Waals surface area contributed by atoms with Crippen molar-refractivity contribution in [2.75, 3.05) is 0 Å². The third-order valence-corrected chi connectivity index (χ3v) is 3.84. The van der Waals surface area contributed by atoms with Crippen molar-refractivity contribution in [1.29, 1.82) is 0 Å². The first-order valence-electron chi connectivity index (χ1n) is 7.45. The average molecular weight is 409 g/mol. The van der Waals surface area contributed by atoms with Crippen LogP contribution in [0.4, 0.5) is 17.6 Å². The summed E-state index contributed by atoms with van der Waals surface area (Å²) in [5.41, 5.74) is -3.55. The van der Waals surface area contributed by atoms with Crippen LogP contribution in [-0.4, -0.2) is 27.0 Å². The molecule has 2 rings (SSSR count). The summed E-state index contributed by atoms with van der Waals surface area (Å²) in [7, 11) is 0. The number of aromatic nitrogens is 2. The number of carboxylic acid groups (broad SMARTS) is 1. The van der Waals surface area contributed by atoms with Crippen LogP contribution in [-0.2, 0) is 11.0 Å². The molecule has 2 aromatic rings. The summed E-state index contributed by atoms with van der Waals surface area (Å²) < 4.78 is 58.6. The first kappa shape index (κ1) is 20.7. The predicted molar refractivity (Wildman–Crippen MR) is 86.9 cm³/mol. The maximum atomic E-state index is 14.3. The van der Waals surface area contributed by atoms with Crippen LogP contribution >= 0.6 is 11.6 Å². The minimum Gasteiger partial charge on any atom is -0.488 e. The van der Waals surface area contributed by atoms with Crippen molar-refractivity contribution in [2.24, 2.45) is 0 Å². The minimum absolute atomic E-state index is 0.145. The van der Waals surface area contributed by atoms with Gasteiger partial charge in [-0.2, -0.15) is 23.0 Å². The van der Waals surface area contributed by atoms with Gasteiger partial charge in [0.2, 0.25) is 0 Å². The zero-order chi connectivity index (χ0) is 20.5. The van der Waals surface area contributed by atoms with Crippen molar-refractivity contribution in [3.8, 4) is 11.4 Å². The highest BCUT2D eigenvalue weighted by Crippen LogP contribution is 2.32. The fourth-order valence-electron chi connectivity index (χ4n) is 2.27. The Hall–Kier alpha value is -2.62. The lowest BCUT2D eigenvalue weighted by atomic mass is 10.2. The summed E-state index contributed by atoms with van der Waals surface area (Å²) in [5.74, 6) is -2.31. The van der Waals surface area contributed by atoms with Crippen LogP contribution in [0, 0.1) is 12.7 Å². The molecule has 1 aromatic heterocycles. The number of rotatable bonds is 5. The van der Waals surface area contributed by atoms with E-state index in [9.17, 15) is 27.2 Å². The van der Waals surface area contributed by atoms with Crippen molar-refractivity contribution < 1.29 is 32.2 Å². The minimum atomic E-state index is -4.78. The summed E-state index contributed by atoms with van der Waals surface area (Å²) in [6, 6.07) is 1.76. The Balaban J connectivity index is 2.53. The molecule has 0 bridgehead atoms. The van der Waals surface area contributed by atoms with E-state index in [1.54, 1.807) is 0 Å². The second-order valence-corrected chi connectivity index (χ2v) is 6.07. The normalized spacial score (nSPS) is 12.7. The molecule has 11 heteroatoms. The van der Waals surface area contributed by atoms with E-state index >= 15 is 0 Å². The van der Waals surface area contributed by atoms with Crippen molar-refractivity contribution in [1.82, 2.24) is 9.78 Å². The van der Waals surface area contributed by atoms with E-state index in [0.29, 0.717) is 10.9 Å². The SMILES string of the molecule is Cc1c(C(F)(F)F)cnn(-c2cc(OC(C)CC(=O)O)c(Cl)cc2F)c1=O. The summed E-state index contributed by atoms with van der Waals surface area (Å²) in [6.07, 6.45) is -5.58. The largest absolute Gasteiger partial charge is 0.488 e. The molecule has 0 spiro atoms. The second kappa shape index (κ2) is 7.55. The number of hydrogen-bond donors (Lipinski definition) is 1. The lowest BCUT2D eigenvalue weighted by Gasteiger charge is -2.16. The molecule has 0 amide bonds. The fourth-order valence-corrected chi connectivity index (χ4v) is 2.47. The van der Waals surface area contributed by atoms with E-state index in [1.165, 1.54) is 6.92 Å². The second-order valence-electron chi connectivity index (χ2n) is 5.66. The highest BCUT2D eigenvalue weighted by atomic mass is 35.5. The number of benzene rings is 1. The van der Waals surface area contributed by atoms with Gasteiger partial charge in [0.05, 0.1) is 23.2 Å². The van der Waals surface area contributed by atoms with Crippen LogP contribution < -0.4 is 10.3 Å². The summed E-state index contributed by atoms with van der Waals surface area (Å²) in [5, 5.41) is 11.9. The molecule has 0 aliphatic rings. The standard InChI is InChI=1S/C16H13ClF4N2O4/c1-7(3-14(24)25)27-13-5-12(11(18)4-10(13)17)23-15(26)8(2)9(6-22-23)16(19,20)21/h4-7H,3H2,1-2H3,(H,24,25). The molecule has 0 aliphatic carbocycles. The maximum absolute atomic E-state index is 14.3. The smallest absolute Gasteiger partial charge is 0.418 e. The molecule has 0 saturated carbocycles. The molecule has 0 aliphatic heterocycles. The number of carbonyl (C=O) groups is 1. The number of ether oxygens (including phenoxy) is 1. The van der Waals surface area contributed by atoms with Crippen molar-refractivity contribution >= 4 is 17.6 Å². The zero-order valence-corrected chi connectivity index (χ0v) is 14.7. The molecular formula is C16H13ClF4N2O4. The molecule has 0 radical (unpaired) electrons. The Kier molecular flexibility index (Phi) is 5.79. The van der Waals surface area contributed by atoms with E-state index in [0.717, 1.165) is 19.1 Å². The van der Waals surface area contributed by atoms with Crippen molar-refractivity contribution in [3.63, 3.8) is 0 Å². The lowest BCUT2D eigenvalue weighted by molar-refractivity contribution is -0.139. The lowest BCUT2D eigenvalue weighted by Crippen LogP contribution is -2.28. The first-order valence-corrected chi connectivity index (χ1v) is 7.83. The molecule has 1 unspecified atom stereocenters. The summed E-state index contributed by atoms with van der Waals surface area (Å²) in [6.45, 7) is 2.38. The zero-order valence-electron chi connectivity index (χ0n) is 14.0. The van der Waals surface area contributed by atoms with E-state index in [2.05, 4.69) is 5.10 Å². The van der Waals surface area contributed by atoms with Gasteiger partial charge in [0.15, 0.2) is 5.82 Å². The molecule has 0 fully saturated rings. The summed E-state index contributed by atoms with van der Waals surface area (Å²) >= 11 is 5.86. The predicted octanol–water partition coefficient (Wildman–Crippen LogP) is 3.59. The van der Waals surface area contributed by atoms with E-state index in [-0.39, 0.29) is 17.2 Å². The highest BCUT2D eigenvalue weighted by molar-refractivity contribution is 6.32.